The highest BCUT2D eigenvalue weighted by Crippen LogP contribution is 2.07. The van der Waals surface area contributed by atoms with E-state index >= 15 is 0 Å². The van der Waals surface area contributed by atoms with Gasteiger partial charge in [-0.3, -0.25) is 0 Å². The first-order chi connectivity index (χ1) is 6.95. The van der Waals surface area contributed by atoms with Crippen LogP contribution in [0.2, 0.25) is 0 Å². The van der Waals surface area contributed by atoms with E-state index in [1.165, 1.54) is 17.1 Å². The molecule has 0 spiro atoms. The summed E-state index contributed by atoms with van der Waals surface area (Å²) in [5, 5.41) is 6.91. The average molecular weight is 212 g/mol. The number of hydrogen-bond acceptors (Lipinski definition) is 4. The zero-order chi connectivity index (χ0) is 9.64. The molecule has 3 nitrogen and oxygen atoms in total. The lowest BCUT2D eigenvalue weighted by atomic mass is 10.3. The number of nitrogens with one attached hydrogen (secondary N) is 2. The number of hydrogen-bond donors (Lipinski definition) is 2. The van der Waals surface area contributed by atoms with Crippen LogP contribution in [0.25, 0.3) is 0 Å². The van der Waals surface area contributed by atoms with Crippen molar-refractivity contribution in [2.45, 2.75) is 12.6 Å². The van der Waals surface area contributed by atoms with E-state index in [0.717, 1.165) is 19.6 Å². The molecule has 0 aromatic carbocycles. The van der Waals surface area contributed by atoms with Gasteiger partial charge in [-0.15, -0.1) is 0 Å². The van der Waals surface area contributed by atoms with Crippen molar-refractivity contribution in [2.24, 2.45) is 0 Å². The highest BCUT2D eigenvalue weighted by atomic mass is 32.2. The van der Waals surface area contributed by atoms with E-state index in [1.54, 1.807) is 12.5 Å². The quantitative estimate of drug-likeness (QED) is 0.783. The van der Waals surface area contributed by atoms with Gasteiger partial charge in [0.1, 0.15) is 0 Å². The van der Waals surface area contributed by atoms with Crippen LogP contribution in [0.3, 0.4) is 0 Å². The lowest BCUT2D eigenvalue weighted by molar-refractivity contribution is 0.510. The molecule has 1 aromatic rings. The van der Waals surface area contributed by atoms with Crippen LogP contribution in [0.5, 0.6) is 0 Å². The smallest absolute Gasteiger partial charge is 0.0947 e. The van der Waals surface area contributed by atoms with Gasteiger partial charge in [0.15, 0.2) is 0 Å². The van der Waals surface area contributed by atoms with Gasteiger partial charge in [-0.2, -0.15) is 11.8 Å². The molecule has 0 aliphatic carbocycles. The van der Waals surface area contributed by atoms with Crippen molar-refractivity contribution in [1.82, 2.24) is 10.6 Å². The van der Waals surface area contributed by atoms with Gasteiger partial charge in [0.05, 0.1) is 12.5 Å². The normalized spacial score (nSPS) is 22.4. The molecule has 1 aliphatic rings. The first kappa shape index (κ1) is 10.1. The third-order valence-electron chi connectivity index (χ3n) is 2.30. The zero-order valence-electron chi connectivity index (χ0n) is 8.16. The molecule has 1 saturated heterocycles. The SMILES string of the molecule is c1cc(CNCC2CSCCN2)co1. The Bertz CT molecular complexity index is 245. The Morgan fingerprint density at radius 3 is 3.36 bits per heavy atom. The minimum Gasteiger partial charge on any atom is -0.472 e. The fraction of sp³-hybridized carbons (Fsp3) is 0.600. The highest BCUT2D eigenvalue weighted by Gasteiger charge is 2.11. The summed E-state index contributed by atoms with van der Waals surface area (Å²) >= 11 is 2.03. The monoisotopic (exact) mass is 212 g/mol. The summed E-state index contributed by atoms with van der Waals surface area (Å²) in [5.41, 5.74) is 1.22. The third-order valence-corrected chi connectivity index (χ3v) is 3.43. The molecule has 1 fully saturated rings. The van der Waals surface area contributed by atoms with Crippen LogP contribution in [0, 0.1) is 0 Å². The first-order valence-electron chi connectivity index (χ1n) is 4.98. The summed E-state index contributed by atoms with van der Waals surface area (Å²) < 4.78 is 5.00. The van der Waals surface area contributed by atoms with Crippen LogP contribution in [-0.2, 0) is 6.54 Å². The average Bonchev–Trinajstić information content (AvgIpc) is 2.72. The molecule has 1 aliphatic heterocycles. The Morgan fingerprint density at radius 2 is 2.64 bits per heavy atom. The van der Waals surface area contributed by atoms with Gasteiger partial charge in [-0.1, -0.05) is 0 Å². The van der Waals surface area contributed by atoms with Gasteiger partial charge < -0.3 is 15.1 Å². The van der Waals surface area contributed by atoms with Crippen LogP contribution >= 0.6 is 11.8 Å². The maximum atomic E-state index is 5.00. The summed E-state index contributed by atoms with van der Waals surface area (Å²) in [5.74, 6) is 2.47. The van der Waals surface area contributed by atoms with Crippen molar-refractivity contribution in [3.05, 3.63) is 24.2 Å². The van der Waals surface area contributed by atoms with Gasteiger partial charge in [-0.05, 0) is 6.07 Å². The molecule has 14 heavy (non-hydrogen) atoms. The third kappa shape index (κ3) is 3.04. The lowest BCUT2D eigenvalue weighted by Gasteiger charge is -2.23. The van der Waals surface area contributed by atoms with E-state index in [0.29, 0.717) is 6.04 Å². The van der Waals surface area contributed by atoms with Crippen molar-refractivity contribution in [3.8, 4) is 0 Å². The fourth-order valence-electron chi connectivity index (χ4n) is 1.53. The van der Waals surface area contributed by atoms with Crippen molar-refractivity contribution in [2.75, 3.05) is 24.6 Å². The predicted molar refractivity (Wildman–Crippen MR) is 59.5 cm³/mol. The molecule has 2 N–H and O–H groups in total. The Labute approximate surface area is 88.6 Å². The summed E-state index contributed by atoms with van der Waals surface area (Å²) in [6, 6.07) is 2.62. The van der Waals surface area contributed by atoms with Crippen molar-refractivity contribution in [1.29, 1.82) is 0 Å². The summed E-state index contributed by atoms with van der Waals surface area (Å²) in [4.78, 5) is 0. The van der Waals surface area contributed by atoms with Gasteiger partial charge in [0.2, 0.25) is 0 Å². The molecule has 0 saturated carbocycles. The molecule has 0 amide bonds. The van der Waals surface area contributed by atoms with E-state index in [1.807, 2.05) is 17.8 Å². The fourth-order valence-corrected chi connectivity index (χ4v) is 2.48. The summed E-state index contributed by atoms with van der Waals surface area (Å²) in [6.45, 7) is 3.08. The summed E-state index contributed by atoms with van der Waals surface area (Å²) in [6.07, 6.45) is 3.50. The van der Waals surface area contributed by atoms with E-state index in [9.17, 15) is 0 Å². The van der Waals surface area contributed by atoms with Crippen LogP contribution in [0.15, 0.2) is 23.0 Å². The van der Waals surface area contributed by atoms with E-state index in [2.05, 4.69) is 10.6 Å². The van der Waals surface area contributed by atoms with Gasteiger partial charge in [0, 0.05) is 42.7 Å². The second-order valence-corrected chi connectivity index (χ2v) is 4.64. The van der Waals surface area contributed by atoms with Crippen molar-refractivity contribution < 1.29 is 4.42 Å². The molecular formula is C10H16N2OS. The van der Waals surface area contributed by atoms with Crippen LogP contribution in [0.4, 0.5) is 0 Å². The molecule has 4 heteroatoms. The predicted octanol–water partition coefficient (Wildman–Crippen LogP) is 1.07. The summed E-state index contributed by atoms with van der Waals surface area (Å²) in [7, 11) is 0. The van der Waals surface area contributed by atoms with Crippen LogP contribution < -0.4 is 10.6 Å². The molecule has 78 valence electrons. The number of rotatable bonds is 4. The number of furan rings is 1. The second-order valence-electron chi connectivity index (χ2n) is 3.49. The molecule has 2 rings (SSSR count). The standard InChI is InChI=1S/C10H16N2OS/c1-3-13-7-9(1)5-11-6-10-8-14-4-2-12-10/h1,3,7,10-12H,2,4-6,8H2. The second kappa shape index (κ2) is 5.44. The lowest BCUT2D eigenvalue weighted by Crippen LogP contribution is -2.44. The minimum absolute atomic E-state index is 0.626. The van der Waals surface area contributed by atoms with Gasteiger partial charge in [0.25, 0.3) is 0 Å². The molecular weight excluding hydrogens is 196 g/mol. The Hall–Kier alpha value is -0.450. The van der Waals surface area contributed by atoms with Crippen molar-refractivity contribution in [3.63, 3.8) is 0 Å². The highest BCUT2D eigenvalue weighted by molar-refractivity contribution is 7.99. The first-order valence-corrected chi connectivity index (χ1v) is 6.13. The van der Waals surface area contributed by atoms with E-state index in [4.69, 9.17) is 4.42 Å². The molecule has 1 unspecified atom stereocenters. The van der Waals surface area contributed by atoms with Crippen LogP contribution in [-0.4, -0.2) is 30.6 Å². The van der Waals surface area contributed by atoms with Gasteiger partial charge >= 0.3 is 0 Å². The Balaban J connectivity index is 1.62. The maximum Gasteiger partial charge on any atom is 0.0947 e. The molecule has 0 bridgehead atoms. The number of thioether (sulfide) groups is 1. The Kier molecular flexibility index (Phi) is 3.91. The minimum atomic E-state index is 0.626. The van der Waals surface area contributed by atoms with Crippen molar-refractivity contribution >= 4 is 11.8 Å². The molecule has 2 heterocycles. The largest absolute Gasteiger partial charge is 0.472 e. The topological polar surface area (TPSA) is 37.2 Å². The van der Waals surface area contributed by atoms with E-state index in [-0.39, 0.29) is 0 Å². The molecule has 1 atom stereocenters. The van der Waals surface area contributed by atoms with E-state index < -0.39 is 0 Å². The molecule has 0 radical (unpaired) electrons. The zero-order valence-corrected chi connectivity index (χ0v) is 8.98. The molecule has 1 aromatic heterocycles. The Morgan fingerprint density at radius 1 is 1.64 bits per heavy atom. The van der Waals surface area contributed by atoms with Crippen LogP contribution in [0.1, 0.15) is 5.56 Å². The maximum absolute atomic E-state index is 5.00. The van der Waals surface area contributed by atoms with Gasteiger partial charge in [-0.25, -0.2) is 0 Å².